The normalized spacial score (nSPS) is 22.6. The van der Waals surface area contributed by atoms with Gasteiger partial charge in [-0.25, -0.2) is 4.99 Å². The zero-order valence-corrected chi connectivity index (χ0v) is 18.6. The van der Waals surface area contributed by atoms with Gasteiger partial charge in [-0.05, 0) is 33.6 Å². The summed E-state index contributed by atoms with van der Waals surface area (Å²) in [4.78, 5) is 11.8. The molecule has 0 bridgehead atoms. The molecule has 146 valence electrons. The lowest BCUT2D eigenvalue weighted by atomic mass is 9.87. The number of pyridine rings is 1. The first-order valence-corrected chi connectivity index (χ1v) is 9.18. The quantitative estimate of drug-likeness (QED) is 0.413. The lowest BCUT2D eigenvalue weighted by molar-refractivity contribution is 0.156. The Kier molecular flexibility index (Phi) is 7.52. The number of aliphatic imine (C=N–C) groups is 1. The number of methoxy groups -OCH3 is 1. The zero-order chi connectivity index (χ0) is 17.9. The van der Waals surface area contributed by atoms with Crippen molar-refractivity contribution in [2.75, 3.05) is 40.0 Å². The average Bonchev–Trinajstić information content (AvgIpc) is 3.24. The topological polar surface area (TPSA) is 59.0 Å². The largest absolute Gasteiger partial charge is 0.496 e. The second kappa shape index (κ2) is 9.21. The molecule has 1 aromatic heterocycles. The van der Waals surface area contributed by atoms with E-state index in [1.165, 1.54) is 12.8 Å². The molecule has 1 aromatic rings. The molecule has 3 rings (SSSR count). The van der Waals surface area contributed by atoms with Gasteiger partial charge in [0.15, 0.2) is 5.96 Å². The fourth-order valence-corrected chi connectivity index (χ4v) is 3.89. The van der Waals surface area contributed by atoms with Crippen molar-refractivity contribution in [3.8, 4) is 5.75 Å². The number of nitrogens with zero attached hydrogens (tertiary/aromatic N) is 3. The molecule has 7 heteroatoms. The number of halogens is 1. The summed E-state index contributed by atoms with van der Waals surface area (Å²) in [6.07, 6.45) is 4.22. The van der Waals surface area contributed by atoms with Crippen LogP contribution in [0.4, 0.5) is 0 Å². The molecule has 6 nitrogen and oxygen atoms in total. The number of likely N-dealkylation sites (tertiary alicyclic amines) is 1. The first-order valence-electron chi connectivity index (χ1n) is 9.18. The maximum absolute atomic E-state index is 5.64. The molecule has 2 fully saturated rings. The second-order valence-corrected chi connectivity index (χ2v) is 7.19. The Hall–Kier alpha value is -1.09. The van der Waals surface area contributed by atoms with Crippen LogP contribution < -0.4 is 10.1 Å². The van der Waals surface area contributed by atoms with Crippen molar-refractivity contribution in [2.24, 2.45) is 10.4 Å². The van der Waals surface area contributed by atoms with Crippen molar-refractivity contribution in [3.05, 3.63) is 23.0 Å². The summed E-state index contributed by atoms with van der Waals surface area (Å²) in [5, 5.41) is 3.44. The summed E-state index contributed by atoms with van der Waals surface area (Å²) in [7, 11) is 1.71. The van der Waals surface area contributed by atoms with Gasteiger partial charge in [-0.3, -0.25) is 4.98 Å². The van der Waals surface area contributed by atoms with E-state index in [0.717, 1.165) is 61.4 Å². The van der Waals surface area contributed by atoms with Crippen molar-refractivity contribution in [1.29, 1.82) is 0 Å². The minimum Gasteiger partial charge on any atom is -0.496 e. The van der Waals surface area contributed by atoms with Gasteiger partial charge in [0, 0.05) is 49.0 Å². The van der Waals surface area contributed by atoms with Crippen LogP contribution in [0.15, 0.2) is 11.2 Å². The third kappa shape index (κ3) is 4.42. The smallest absolute Gasteiger partial charge is 0.194 e. The Balaban J connectivity index is 0.00000243. The van der Waals surface area contributed by atoms with Crippen LogP contribution in [0.2, 0.25) is 0 Å². The van der Waals surface area contributed by atoms with Crippen LogP contribution in [-0.4, -0.2) is 55.8 Å². The molecule has 1 unspecified atom stereocenters. The summed E-state index contributed by atoms with van der Waals surface area (Å²) < 4.78 is 11.1. The first-order chi connectivity index (χ1) is 12.1. The molecule has 0 aromatic carbocycles. The Morgan fingerprint density at radius 2 is 2.23 bits per heavy atom. The van der Waals surface area contributed by atoms with E-state index in [9.17, 15) is 0 Å². The molecular weight excluding hydrogens is 443 g/mol. The van der Waals surface area contributed by atoms with Crippen LogP contribution in [0.3, 0.4) is 0 Å². The number of guanidine groups is 1. The van der Waals surface area contributed by atoms with E-state index in [0.29, 0.717) is 12.0 Å². The number of ether oxygens (including phenoxy) is 2. The summed E-state index contributed by atoms with van der Waals surface area (Å²) in [6, 6.07) is 0. The Morgan fingerprint density at radius 1 is 1.42 bits per heavy atom. The van der Waals surface area contributed by atoms with E-state index in [1.807, 2.05) is 13.1 Å². The maximum atomic E-state index is 5.64. The van der Waals surface area contributed by atoms with Crippen LogP contribution in [0.1, 0.15) is 36.6 Å². The van der Waals surface area contributed by atoms with Gasteiger partial charge in [0.25, 0.3) is 0 Å². The summed E-state index contributed by atoms with van der Waals surface area (Å²) in [5.41, 5.74) is 3.43. The van der Waals surface area contributed by atoms with Crippen molar-refractivity contribution in [3.63, 3.8) is 0 Å². The van der Waals surface area contributed by atoms with E-state index < -0.39 is 0 Å². The minimum absolute atomic E-state index is 0. The van der Waals surface area contributed by atoms with Gasteiger partial charge in [-0.2, -0.15) is 0 Å². The minimum atomic E-state index is 0. The van der Waals surface area contributed by atoms with Gasteiger partial charge in [-0.1, -0.05) is 0 Å². The van der Waals surface area contributed by atoms with E-state index >= 15 is 0 Å². The average molecular weight is 474 g/mol. The molecule has 3 heterocycles. The van der Waals surface area contributed by atoms with Gasteiger partial charge >= 0.3 is 0 Å². The van der Waals surface area contributed by atoms with E-state index in [4.69, 9.17) is 14.5 Å². The van der Waals surface area contributed by atoms with Crippen LogP contribution >= 0.6 is 24.0 Å². The number of aryl methyl sites for hydroxylation is 1. The second-order valence-electron chi connectivity index (χ2n) is 7.19. The third-order valence-corrected chi connectivity index (χ3v) is 5.39. The van der Waals surface area contributed by atoms with Crippen molar-refractivity contribution in [2.45, 2.75) is 40.2 Å². The number of nitrogens with one attached hydrogen (secondary N) is 1. The maximum Gasteiger partial charge on any atom is 0.194 e. The molecule has 0 saturated carbocycles. The van der Waals surface area contributed by atoms with Crippen LogP contribution in [0, 0.1) is 19.3 Å². The van der Waals surface area contributed by atoms with Gasteiger partial charge in [0.05, 0.1) is 26.0 Å². The molecule has 2 aliphatic rings. The van der Waals surface area contributed by atoms with E-state index in [2.05, 4.69) is 29.0 Å². The van der Waals surface area contributed by atoms with Crippen LogP contribution in [-0.2, 0) is 11.3 Å². The molecular formula is C19H31IN4O2. The van der Waals surface area contributed by atoms with Crippen molar-refractivity contribution >= 4 is 29.9 Å². The standard InChI is InChI=1S/C19H30N4O2.HI/c1-5-20-18(23-8-6-19(12-23)7-9-25-13-19)22-11-16-15(3)17(24-4)14(2)10-21-16;/h10H,5-9,11-13H2,1-4H3,(H,20,22);1H. The molecule has 2 saturated heterocycles. The molecule has 26 heavy (non-hydrogen) atoms. The molecule has 1 spiro atoms. The highest BCUT2D eigenvalue weighted by Crippen LogP contribution is 2.38. The molecule has 1 atom stereocenters. The van der Waals surface area contributed by atoms with Gasteiger partial charge in [-0.15, -0.1) is 24.0 Å². The van der Waals surface area contributed by atoms with Crippen LogP contribution in [0.25, 0.3) is 0 Å². The Morgan fingerprint density at radius 3 is 2.88 bits per heavy atom. The zero-order valence-electron chi connectivity index (χ0n) is 16.3. The lowest BCUT2D eigenvalue weighted by Gasteiger charge is -2.25. The lowest BCUT2D eigenvalue weighted by Crippen LogP contribution is -2.41. The van der Waals surface area contributed by atoms with Crippen molar-refractivity contribution < 1.29 is 9.47 Å². The first kappa shape index (κ1) is 21.2. The fraction of sp³-hybridized carbons (Fsp3) is 0.684. The van der Waals surface area contributed by atoms with Gasteiger partial charge in [0.2, 0.25) is 0 Å². The molecule has 0 aliphatic carbocycles. The highest BCUT2D eigenvalue weighted by atomic mass is 127. The predicted octanol–water partition coefficient (Wildman–Crippen LogP) is 2.90. The molecule has 0 amide bonds. The number of rotatable bonds is 4. The summed E-state index contributed by atoms with van der Waals surface area (Å²) in [6.45, 7) is 11.5. The SMILES string of the molecule is CCNC(=NCc1ncc(C)c(OC)c1C)N1CCC2(CCOC2)C1.I. The number of hydrogen-bond acceptors (Lipinski definition) is 4. The van der Waals surface area contributed by atoms with Crippen molar-refractivity contribution in [1.82, 2.24) is 15.2 Å². The number of hydrogen-bond donors (Lipinski definition) is 1. The Bertz CT molecular complexity index is 645. The Labute approximate surface area is 173 Å². The molecule has 2 aliphatic heterocycles. The predicted molar refractivity (Wildman–Crippen MR) is 115 cm³/mol. The van der Waals surface area contributed by atoms with E-state index in [-0.39, 0.29) is 24.0 Å². The highest BCUT2D eigenvalue weighted by Gasteiger charge is 2.42. The summed E-state index contributed by atoms with van der Waals surface area (Å²) in [5.74, 6) is 1.89. The third-order valence-electron chi connectivity index (χ3n) is 5.39. The monoisotopic (exact) mass is 474 g/mol. The molecule has 1 N–H and O–H groups in total. The van der Waals surface area contributed by atoms with Gasteiger partial charge in [0.1, 0.15) is 5.75 Å². The number of aromatic nitrogens is 1. The summed E-state index contributed by atoms with van der Waals surface area (Å²) >= 11 is 0. The van der Waals surface area contributed by atoms with Crippen LogP contribution in [0.5, 0.6) is 5.75 Å². The fourth-order valence-electron chi connectivity index (χ4n) is 3.89. The van der Waals surface area contributed by atoms with Gasteiger partial charge < -0.3 is 19.7 Å². The van der Waals surface area contributed by atoms with E-state index in [1.54, 1.807) is 7.11 Å². The molecule has 0 radical (unpaired) electrons. The highest BCUT2D eigenvalue weighted by molar-refractivity contribution is 14.0.